The minimum Gasteiger partial charge on any atom is -0.388 e. The first-order valence-corrected chi connectivity index (χ1v) is 6.65. The third kappa shape index (κ3) is 5.34. The van der Waals surface area contributed by atoms with Crippen molar-refractivity contribution >= 4 is 0 Å². The molecule has 1 rings (SSSR count). The fourth-order valence-electron chi connectivity index (χ4n) is 2.34. The van der Waals surface area contributed by atoms with Crippen LogP contribution in [0, 0.1) is 0 Å². The van der Waals surface area contributed by atoms with Gasteiger partial charge in [-0.1, -0.05) is 13.8 Å². The molecule has 2 unspecified atom stereocenters. The minimum atomic E-state index is -0.633. The quantitative estimate of drug-likeness (QED) is 0.707. The van der Waals surface area contributed by atoms with Crippen LogP contribution in [0.2, 0.25) is 0 Å². The Balaban J connectivity index is 2.33. The first kappa shape index (κ1) is 14.9. The molecule has 0 aliphatic carbocycles. The van der Waals surface area contributed by atoms with Gasteiger partial charge in [0, 0.05) is 31.7 Å². The van der Waals surface area contributed by atoms with Gasteiger partial charge in [0.1, 0.15) is 0 Å². The summed E-state index contributed by atoms with van der Waals surface area (Å²) in [5, 5.41) is 13.6. The van der Waals surface area contributed by atoms with Gasteiger partial charge in [-0.2, -0.15) is 0 Å². The minimum absolute atomic E-state index is 0.426. The molecule has 0 radical (unpaired) electrons. The van der Waals surface area contributed by atoms with E-state index in [1.165, 1.54) is 6.42 Å². The Bertz CT molecular complexity index is 229. The monoisotopic (exact) mass is 243 g/mol. The molecule has 0 saturated carbocycles. The fourth-order valence-corrected chi connectivity index (χ4v) is 2.34. The standard InChI is InChI=1S/C13H29N3O/c1-11(2)14-9-13(3,17)10-16-7-6-12(8-16)15(4)5/h11-12,14,17H,6-10H2,1-5H3. The van der Waals surface area contributed by atoms with Crippen molar-refractivity contribution in [1.82, 2.24) is 15.1 Å². The van der Waals surface area contributed by atoms with Crippen LogP contribution in [0.1, 0.15) is 27.2 Å². The third-order valence-corrected chi connectivity index (χ3v) is 3.43. The number of likely N-dealkylation sites (tertiary alicyclic amines) is 1. The van der Waals surface area contributed by atoms with E-state index in [9.17, 15) is 5.11 Å². The van der Waals surface area contributed by atoms with Crippen molar-refractivity contribution in [2.45, 2.75) is 44.9 Å². The average molecular weight is 243 g/mol. The molecular weight excluding hydrogens is 214 g/mol. The molecule has 4 nitrogen and oxygen atoms in total. The van der Waals surface area contributed by atoms with Crippen molar-refractivity contribution in [2.24, 2.45) is 0 Å². The van der Waals surface area contributed by atoms with Gasteiger partial charge in [-0.15, -0.1) is 0 Å². The van der Waals surface area contributed by atoms with Gasteiger partial charge in [0.2, 0.25) is 0 Å². The predicted octanol–water partition coefficient (Wildman–Crippen LogP) is 0.371. The summed E-state index contributed by atoms with van der Waals surface area (Å²) >= 11 is 0. The number of hydrogen-bond donors (Lipinski definition) is 2. The van der Waals surface area contributed by atoms with E-state index < -0.39 is 5.60 Å². The van der Waals surface area contributed by atoms with Gasteiger partial charge in [-0.25, -0.2) is 0 Å². The van der Waals surface area contributed by atoms with Crippen LogP contribution >= 0.6 is 0 Å². The third-order valence-electron chi connectivity index (χ3n) is 3.43. The van der Waals surface area contributed by atoms with Crippen molar-refractivity contribution in [2.75, 3.05) is 40.3 Å². The van der Waals surface area contributed by atoms with E-state index in [4.69, 9.17) is 0 Å². The maximum absolute atomic E-state index is 10.3. The van der Waals surface area contributed by atoms with Gasteiger partial charge >= 0.3 is 0 Å². The van der Waals surface area contributed by atoms with Crippen molar-refractivity contribution < 1.29 is 5.11 Å². The van der Waals surface area contributed by atoms with Crippen LogP contribution in [-0.2, 0) is 0 Å². The van der Waals surface area contributed by atoms with Crippen molar-refractivity contribution in [3.8, 4) is 0 Å². The second-order valence-corrected chi connectivity index (χ2v) is 6.17. The average Bonchev–Trinajstić information content (AvgIpc) is 2.63. The zero-order valence-corrected chi connectivity index (χ0v) is 12.0. The lowest BCUT2D eigenvalue weighted by Gasteiger charge is -2.30. The van der Waals surface area contributed by atoms with Gasteiger partial charge in [0.05, 0.1) is 5.60 Å². The molecule has 0 bridgehead atoms. The number of β-amino-alcohol motifs (C(OH)–C–C–N with tert-alkyl or cyclic N) is 1. The van der Waals surface area contributed by atoms with E-state index in [2.05, 4.69) is 43.1 Å². The lowest BCUT2D eigenvalue weighted by atomic mass is 10.1. The molecule has 2 N–H and O–H groups in total. The van der Waals surface area contributed by atoms with Crippen LogP contribution < -0.4 is 5.32 Å². The highest BCUT2D eigenvalue weighted by Crippen LogP contribution is 2.16. The number of nitrogens with zero attached hydrogens (tertiary/aromatic N) is 2. The molecule has 4 heteroatoms. The van der Waals surface area contributed by atoms with Gasteiger partial charge < -0.3 is 15.3 Å². The van der Waals surface area contributed by atoms with E-state index >= 15 is 0 Å². The Hall–Kier alpha value is -0.160. The first-order valence-electron chi connectivity index (χ1n) is 6.65. The topological polar surface area (TPSA) is 38.7 Å². The Kier molecular flexibility index (Phi) is 5.38. The maximum atomic E-state index is 10.3. The van der Waals surface area contributed by atoms with Crippen LogP contribution in [0.4, 0.5) is 0 Å². The van der Waals surface area contributed by atoms with Gasteiger partial charge in [0.25, 0.3) is 0 Å². The van der Waals surface area contributed by atoms with E-state index in [-0.39, 0.29) is 0 Å². The molecule has 1 heterocycles. The lowest BCUT2D eigenvalue weighted by molar-refractivity contribution is 0.0238. The second-order valence-electron chi connectivity index (χ2n) is 6.17. The summed E-state index contributed by atoms with van der Waals surface area (Å²) < 4.78 is 0. The Morgan fingerprint density at radius 1 is 1.47 bits per heavy atom. The SMILES string of the molecule is CC(C)NCC(C)(O)CN1CCC(N(C)C)C1. The van der Waals surface area contributed by atoms with Gasteiger partial charge in [0.15, 0.2) is 0 Å². The molecule has 102 valence electrons. The highest BCUT2D eigenvalue weighted by atomic mass is 16.3. The van der Waals surface area contributed by atoms with Gasteiger partial charge in [-0.3, -0.25) is 4.90 Å². The highest BCUT2D eigenvalue weighted by molar-refractivity contribution is 4.87. The summed E-state index contributed by atoms with van der Waals surface area (Å²) in [6, 6.07) is 1.07. The summed E-state index contributed by atoms with van der Waals surface area (Å²) in [4.78, 5) is 4.65. The zero-order valence-electron chi connectivity index (χ0n) is 12.0. The van der Waals surface area contributed by atoms with Crippen molar-refractivity contribution in [3.63, 3.8) is 0 Å². The van der Waals surface area contributed by atoms with E-state index in [0.29, 0.717) is 18.6 Å². The van der Waals surface area contributed by atoms with Crippen LogP contribution in [0.25, 0.3) is 0 Å². The predicted molar refractivity (Wildman–Crippen MR) is 72.3 cm³/mol. The van der Waals surface area contributed by atoms with Crippen LogP contribution in [-0.4, -0.2) is 72.9 Å². The number of nitrogens with one attached hydrogen (secondary N) is 1. The summed E-state index contributed by atoms with van der Waals surface area (Å²) in [5.41, 5.74) is -0.633. The smallest absolute Gasteiger partial charge is 0.0869 e. The molecule has 0 aromatic heterocycles. The van der Waals surface area contributed by atoms with Crippen molar-refractivity contribution in [1.29, 1.82) is 0 Å². The lowest BCUT2D eigenvalue weighted by Crippen LogP contribution is -2.48. The normalized spacial score (nSPS) is 25.8. The Morgan fingerprint density at radius 3 is 2.59 bits per heavy atom. The van der Waals surface area contributed by atoms with E-state index in [0.717, 1.165) is 19.6 Å². The number of rotatable bonds is 6. The highest BCUT2D eigenvalue weighted by Gasteiger charge is 2.30. The van der Waals surface area contributed by atoms with Gasteiger partial charge in [-0.05, 0) is 34.0 Å². The first-order chi connectivity index (χ1) is 7.80. The maximum Gasteiger partial charge on any atom is 0.0869 e. The van der Waals surface area contributed by atoms with Crippen molar-refractivity contribution in [3.05, 3.63) is 0 Å². The van der Waals surface area contributed by atoms with Crippen LogP contribution in [0.3, 0.4) is 0 Å². The molecule has 2 atom stereocenters. The van der Waals surface area contributed by atoms with Crippen LogP contribution in [0.5, 0.6) is 0 Å². The molecule has 0 aromatic rings. The molecule has 0 amide bonds. The fraction of sp³-hybridized carbons (Fsp3) is 1.00. The largest absolute Gasteiger partial charge is 0.388 e. The summed E-state index contributed by atoms with van der Waals surface area (Å²) in [5.74, 6) is 0. The summed E-state index contributed by atoms with van der Waals surface area (Å²) in [6.07, 6.45) is 1.21. The molecule has 1 saturated heterocycles. The Morgan fingerprint density at radius 2 is 2.12 bits per heavy atom. The zero-order chi connectivity index (χ0) is 13.1. The van der Waals surface area contributed by atoms with Crippen LogP contribution in [0.15, 0.2) is 0 Å². The molecular formula is C13H29N3O. The van der Waals surface area contributed by atoms with E-state index in [1.807, 2.05) is 6.92 Å². The molecule has 0 aromatic carbocycles. The molecule has 1 aliphatic heterocycles. The Labute approximate surface area is 106 Å². The number of hydrogen-bond acceptors (Lipinski definition) is 4. The molecule has 1 aliphatic rings. The summed E-state index contributed by atoms with van der Waals surface area (Å²) in [6.45, 7) is 9.73. The van der Waals surface area contributed by atoms with E-state index in [1.54, 1.807) is 0 Å². The molecule has 0 spiro atoms. The second kappa shape index (κ2) is 6.14. The molecule has 1 fully saturated rings. The molecule has 17 heavy (non-hydrogen) atoms. The summed E-state index contributed by atoms with van der Waals surface area (Å²) in [7, 11) is 4.26. The number of aliphatic hydroxyl groups is 1. The number of likely N-dealkylation sites (N-methyl/N-ethyl adjacent to an activating group) is 1.